The second-order valence-corrected chi connectivity index (χ2v) is 4.33. The predicted octanol–water partition coefficient (Wildman–Crippen LogP) is 4.26. The van der Waals surface area contributed by atoms with Crippen LogP contribution in [0, 0.1) is 5.82 Å². The molecule has 0 bridgehead atoms. The van der Waals surface area contributed by atoms with Crippen molar-refractivity contribution in [2.75, 3.05) is 0 Å². The number of hydrogen-bond acceptors (Lipinski definition) is 3. The third-order valence-corrected chi connectivity index (χ3v) is 2.80. The van der Waals surface area contributed by atoms with Gasteiger partial charge in [-0.25, -0.2) is 9.37 Å². The summed E-state index contributed by atoms with van der Waals surface area (Å²) in [4.78, 5) is 4.10. The van der Waals surface area contributed by atoms with Gasteiger partial charge in [0.15, 0.2) is 0 Å². The number of aromatic nitrogens is 1. The molecule has 0 aliphatic heterocycles. The highest BCUT2D eigenvalue weighted by Crippen LogP contribution is 2.27. The van der Waals surface area contributed by atoms with Crippen molar-refractivity contribution in [2.24, 2.45) is 0 Å². The summed E-state index contributed by atoms with van der Waals surface area (Å²) in [6.07, 6.45) is 1.66. The Morgan fingerprint density at radius 3 is 2.60 bits per heavy atom. The van der Waals surface area contributed by atoms with Crippen LogP contribution >= 0.6 is 24.0 Å². The fourth-order valence-corrected chi connectivity index (χ4v) is 1.99. The minimum Gasteiger partial charge on any atom is -0.243 e. The van der Waals surface area contributed by atoms with Gasteiger partial charge in [0.1, 0.15) is 10.8 Å². The first kappa shape index (κ1) is 12.2. The van der Waals surface area contributed by atoms with Crippen LogP contribution in [0.2, 0.25) is 0 Å². The fraction of sp³-hybridized carbons (Fsp3) is 0.182. The molecule has 15 heavy (non-hydrogen) atoms. The smallest absolute Gasteiger partial charge is 0.124 e. The highest BCUT2D eigenvalue weighted by molar-refractivity contribution is 7.83. The Bertz CT molecular complexity index is 426. The maximum atomic E-state index is 12.8. The zero-order valence-corrected chi connectivity index (χ0v) is 10.3. The van der Waals surface area contributed by atoms with Crippen LogP contribution in [0.3, 0.4) is 0 Å². The van der Waals surface area contributed by atoms with E-state index in [1.165, 1.54) is 23.5 Å². The lowest BCUT2D eigenvalue weighted by molar-refractivity contribution is 0.628. The highest BCUT2D eigenvalue weighted by Gasteiger charge is 2.02. The zero-order chi connectivity index (χ0) is 11.3. The van der Waals surface area contributed by atoms with Gasteiger partial charge in [-0.1, -0.05) is 26.0 Å². The van der Waals surface area contributed by atoms with Gasteiger partial charge in [0.05, 0.1) is 10.4 Å². The Kier molecular flexibility index (Phi) is 4.78. The lowest BCUT2D eigenvalue weighted by Gasteiger charge is -1.94. The number of rotatable bonds is 1. The molecule has 1 aromatic carbocycles. The van der Waals surface area contributed by atoms with E-state index in [2.05, 4.69) is 17.6 Å². The van der Waals surface area contributed by atoms with Gasteiger partial charge in [0.2, 0.25) is 0 Å². The van der Waals surface area contributed by atoms with Crippen molar-refractivity contribution >= 4 is 24.0 Å². The quantitative estimate of drug-likeness (QED) is 0.736. The number of thiol groups is 1. The van der Waals surface area contributed by atoms with Crippen LogP contribution in [0.15, 0.2) is 34.7 Å². The van der Waals surface area contributed by atoms with Crippen molar-refractivity contribution in [2.45, 2.75) is 18.1 Å². The number of benzene rings is 1. The molecular weight excluding hydrogens is 229 g/mol. The lowest BCUT2D eigenvalue weighted by atomic mass is 10.2. The van der Waals surface area contributed by atoms with Gasteiger partial charge in [0.25, 0.3) is 0 Å². The average Bonchev–Trinajstić information content (AvgIpc) is 2.68. The number of nitrogens with zero attached hydrogens (tertiary/aromatic N) is 1. The molecule has 0 fully saturated rings. The summed E-state index contributed by atoms with van der Waals surface area (Å²) in [5.74, 6) is -0.242. The molecule has 4 heteroatoms. The van der Waals surface area contributed by atoms with E-state index in [4.69, 9.17) is 0 Å². The monoisotopic (exact) mass is 241 g/mol. The Morgan fingerprint density at radius 1 is 1.33 bits per heavy atom. The van der Waals surface area contributed by atoms with Gasteiger partial charge in [-0.05, 0) is 12.1 Å². The first-order valence-corrected chi connectivity index (χ1v) is 5.93. The van der Waals surface area contributed by atoms with E-state index in [1.54, 1.807) is 12.3 Å². The maximum Gasteiger partial charge on any atom is 0.124 e. The summed E-state index contributed by atoms with van der Waals surface area (Å²) in [5, 5.41) is 0.796. The van der Waals surface area contributed by atoms with Crippen LogP contribution in [0.1, 0.15) is 13.8 Å². The second-order valence-electron chi connectivity index (χ2n) is 2.51. The molecule has 0 aliphatic carbocycles. The summed E-state index contributed by atoms with van der Waals surface area (Å²) >= 11 is 5.58. The van der Waals surface area contributed by atoms with Crippen molar-refractivity contribution in [1.29, 1.82) is 0 Å². The lowest BCUT2D eigenvalue weighted by Crippen LogP contribution is -1.77. The van der Waals surface area contributed by atoms with E-state index < -0.39 is 0 Å². The topological polar surface area (TPSA) is 12.9 Å². The van der Waals surface area contributed by atoms with Gasteiger partial charge in [-0.15, -0.1) is 24.0 Å². The van der Waals surface area contributed by atoms with Gasteiger partial charge >= 0.3 is 0 Å². The molecule has 2 aromatic rings. The molecule has 0 spiro atoms. The van der Waals surface area contributed by atoms with E-state index >= 15 is 0 Å². The standard InChI is InChI=1S/C9H6FNS2.C2H6/c10-7-3-1-2-6(4-7)9-11-5-8(12)13-9;1-2/h1-5,12H;1-2H3. The average molecular weight is 241 g/mol. The van der Waals surface area contributed by atoms with Crippen molar-refractivity contribution in [1.82, 2.24) is 4.98 Å². The summed E-state index contributed by atoms with van der Waals surface area (Å²) in [5.41, 5.74) is 0.797. The summed E-state index contributed by atoms with van der Waals surface area (Å²) in [7, 11) is 0. The third kappa shape index (κ3) is 3.32. The molecule has 0 radical (unpaired) electrons. The van der Waals surface area contributed by atoms with Crippen LogP contribution in [-0.4, -0.2) is 4.98 Å². The van der Waals surface area contributed by atoms with Gasteiger partial charge < -0.3 is 0 Å². The van der Waals surface area contributed by atoms with Crippen LogP contribution < -0.4 is 0 Å². The fourth-order valence-electron chi connectivity index (χ4n) is 1.02. The Balaban J connectivity index is 0.000000531. The molecule has 1 nitrogen and oxygen atoms in total. The first-order valence-electron chi connectivity index (χ1n) is 4.66. The molecular formula is C11H12FNS2. The Morgan fingerprint density at radius 2 is 2.07 bits per heavy atom. The van der Waals surface area contributed by atoms with E-state index in [-0.39, 0.29) is 5.82 Å². The maximum absolute atomic E-state index is 12.8. The van der Waals surface area contributed by atoms with E-state index in [1.807, 2.05) is 19.9 Å². The predicted molar refractivity (Wildman–Crippen MR) is 66.1 cm³/mol. The molecule has 0 N–H and O–H groups in total. The Labute approximate surface area is 98.4 Å². The molecule has 0 aliphatic rings. The SMILES string of the molecule is CC.Fc1cccc(-c2ncc(S)s2)c1. The minimum absolute atomic E-state index is 0.242. The van der Waals surface area contributed by atoms with E-state index in [9.17, 15) is 4.39 Å². The molecule has 0 unspecified atom stereocenters. The number of hydrogen-bond donors (Lipinski definition) is 1. The van der Waals surface area contributed by atoms with Gasteiger partial charge in [0, 0.05) is 5.56 Å². The first-order chi connectivity index (χ1) is 7.25. The van der Waals surface area contributed by atoms with Crippen LogP contribution in [0.4, 0.5) is 4.39 Å². The summed E-state index contributed by atoms with van der Waals surface area (Å²) in [6.45, 7) is 4.00. The Hall–Kier alpha value is -0.870. The molecule has 80 valence electrons. The van der Waals surface area contributed by atoms with Gasteiger partial charge in [-0.2, -0.15) is 0 Å². The van der Waals surface area contributed by atoms with Crippen LogP contribution in [0.5, 0.6) is 0 Å². The summed E-state index contributed by atoms with van der Waals surface area (Å²) < 4.78 is 13.7. The van der Waals surface area contributed by atoms with E-state index in [0.717, 1.165) is 14.8 Å². The molecule has 0 saturated carbocycles. The van der Waals surface area contributed by atoms with E-state index in [0.29, 0.717) is 0 Å². The van der Waals surface area contributed by atoms with Crippen molar-refractivity contribution in [3.8, 4) is 10.6 Å². The molecule has 2 rings (SSSR count). The molecule has 1 aromatic heterocycles. The molecule has 1 heterocycles. The van der Waals surface area contributed by atoms with Crippen molar-refractivity contribution in [3.63, 3.8) is 0 Å². The molecule has 0 amide bonds. The molecule has 0 atom stereocenters. The molecule has 0 saturated heterocycles. The summed E-state index contributed by atoms with van der Waals surface area (Å²) in [6, 6.07) is 6.38. The van der Waals surface area contributed by atoms with Crippen LogP contribution in [0.25, 0.3) is 10.6 Å². The largest absolute Gasteiger partial charge is 0.243 e. The normalized spacial score (nSPS) is 9.33. The van der Waals surface area contributed by atoms with Gasteiger partial charge in [-0.3, -0.25) is 0 Å². The number of halogens is 1. The highest BCUT2D eigenvalue weighted by atomic mass is 32.2. The van der Waals surface area contributed by atoms with Crippen LogP contribution in [-0.2, 0) is 0 Å². The number of thiazole rings is 1. The minimum atomic E-state index is -0.242. The zero-order valence-electron chi connectivity index (χ0n) is 8.57. The third-order valence-electron chi connectivity index (χ3n) is 1.57. The second kappa shape index (κ2) is 5.88. The van der Waals surface area contributed by atoms with Crippen molar-refractivity contribution < 1.29 is 4.39 Å². The van der Waals surface area contributed by atoms with Crippen molar-refractivity contribution in [3.05, 3.63) is 36.3 Å².